The molecule has 0 amide bonds. The Kier molecular flexibility index (Phi) is 11.9. The predicted octanol–water partition coefficient (Wildman–Crippen LogP) is 7.87. The number of ketones is 1. The standard InChI is InChI=1S/C21H41NO.C7H8S/c1-7-10-19(23)20(4,5)14-12-18(16(2)15-22)21(6)13-9-8-11-17(21)3;1-6-2-4-7(8)5-3-6/h16-18H,7-15,22H2,1-6H3;2-5,8H,1H3/t16-,17?,18?,21?;/m1./s1. The second-order valence-corrected chi connectivity index (χ2v) is 11.4. The molecule has 178 valence electrons. The fourth-order valence-corrected chi connectivity index (χ4v) is 5.43. The van der Waals surface area contributed by atoms with Crippen LogP contribution in [0.1, 0.15) is 98.5 Å². The number of Topliss-reactive ketones (excluding diaryl/α,β-unsaturated/α-hetero) is 1. The van der Waals surface area contributed by atoms with Crippen molar-refractivity contribution in [3.05, 3.63) is 29.8 Å². The molecule has 3 unspecified atom stereocenters. The molecule has 1 aliphatic rings. The SMILES string of the molecule is CCCC(=O)C(C)(C)CCC([C@H](C)CN)C1(C)CCCCC1C.Cc1ccc(S)cc1. The number of rotatable bonds is 9. The molecule has 4 atom stereocenters. The minimum Gasteiger partial charge on any atom is -0.330 e. The predicted molar refractivity (Wildman–Crippen MR) is 139 cm³/mol. The first-order chi connectivity index (χ1) is 14.5. The van der Waals surface area contributed by atoms with Gasteiger partial charge in [-0.15, -0.1) is 12.6 Å². The first-order valence-electron chi connectivity index (χ1n) is 12.5. The minimum absolute atomic E-state index is 0.184. The van der Waals surface area contributed by atoms with E-state index >= 15 is 0 Å². The Morgan fingerprint density at radius 3 is 2.35 bits per heavy atom. The lowest BCUT2D eigenvalue weighted by Crippen LogP contribution is -2.42. The molecule has 0 spiro atoms. The summed E-state index contributed by atoms with van der Waals surface area (Å²) in [5, 5.41) is 0. The van der Waals surface area contributed by atoms with Gasteiger partial charge in [0.15, 0.2) is 0 Å². The van der Waals surface area contributed by atoms with Crippen LogP contribution in [-0.4, -0.2) is 12.3 Å². The molecule has 1 fully saturated rings. The summed E-state index contributed by atoms with van der Waals surface area (Å²) < 4.78 is 0. The van der Waals surface area contributed by atoms with Crippen LogP contribution in [0.4, 0.5) is 0 Å². The van der Waals surface area contributed by atoms with Crippen molar-refractivity contribution in [1.82, 2.24) is 0 Å². The van der Waals surface area contributed by atoms with Gasteiger partial charge in [-0.3, -0.25) is 4.79 Å². The fourth-order valence-electron chi connectivity index (χ4n) is 5.28. The van der Waals surface area contributed by atoms with Gasteiger partial charge in [0.1, 0.15) is 5.78 Å². The molecule has 31 heavy (non-hydrogen) atoms. The Balaban J connectivity index is 0.000000500. The van der Waals surface area contributed by atoms with E-state index in [0.29, 0.717) is 23.0 Å². The van der Waals surface area contributed by atoms with Gasteiger partial charge in [0, 0.05) is 16.7 Å². The van der Waals surface area contributed by atoms with E-state index in [1.165, 1.54) is 31.2 Å². The maximum Gasteiger partial charge on any atom is 0.138 e. The Labute approximate surface area is 198 Å². The lowest BCUT2D eigenvalue weighted by molar-refractivity contribution is -0.128. The van der Waals surface area contributed by atoms with Crippen molar-refractivity contribution in [3.8, 4) is 0 Å². The van der Waals surface area contributed by atoms with Gasteiger partial charge in [0.2, 0.25) is 0 Å². The normalized spacial score (nSPS) is 23.5. The number of benzene rings is 1. The highest BCUT2D eigenvalue weighted by Crippen LogP contribution is 2.51. The summed E-state index contributed by atoms with van der Waals surface area (Å²) in [4.78, 5) is 13.4. The quantitative estimate of drug-likeness (QED) is 0.378. The lowest BCUT2D eigenvalue weighted by Gasteiger charge is -2.49. The number of thiol groups is 1. The zero-order valence-electron chi connectivity index (χ0n) is 21.3. The van der Waals surface area contributed by atoms with Gasteiger partial charge in [-0.2, -0.15) is 0 Å². The second kappa shape index (κ2) is 13.0. The molecular weight excluding hydrogens is 398 g/mol. The number of hydrogen-bond acceptors (Lipinski definition) is 3. The van der Waals surface area contributed by atoms with Gasteiger partial charge in [-0.05, 0) is 74.5 Å². The van der Waals surface area contributed by atoms with Crippen molar-refractivity contribution in [2.24, 2.45) is 34.3 Å². The van der Waals surface area contributed by atoms with E-state index < -0.39 is 0 Å². The van der Waals surface area contributed by atoms with Gasteiger partial charge in [-0.1, -0.05) is 78.5 Å². The van der Waals surface area contributed by atoms with E-state index in [2.05, 4.69) is 61.1 Å². The fraction of sp³-hybridized carbons (Fsp3) is 0.750. The van der Waals surface area contributed by atoms with Crippen molar-refractivity contribution in [2.75, 3.05) is 6.54 Å². The molecule has 0 saturated heterocycles. The molecule has 1 aromatic carbocycles. The molecule has 0 bridgehead atoms. The van der Waals surface area contributed by atoms with Crippen LogP contribution in [0, 0.1) is 35.5 Å². The Bertz CT molecular complexity index is 632. The number of carbonyl (C=O) groups excluding carboxylic acids is 1. The molecular formula is C28H49NOS. The highest BCUT2D eigenvalue weighted by molar-refractivity contribution is 7.80. The third-order valence-corrected chi connectivity index (χ3v) is 8.28. The molecule has 0 aliphatic heterocycles. The third-order valence-electron chi connectivity index (χ3n) is 7.98. The van der Waals surface area contributed by atoms with Crippen molar-refractivity contribution >= 4 is 18.4 Å². The number of carbonyl (C=O) groups is 1. The van der Waals surface area contributed by atoms with Crippen LogP contribution in [0.5, 0.6) is 0 Å². The minimum atomic E-state index is -0.184. The molecule has 0 heterocycles. The number of nitrogens with two attached hydrogens (primary N) is 1. The average Bonchev–Trinajstić information content (AvgIpc) is 2.73. The molecule has 2 rings (SSSR count). The van der Waals surface area contributed by atoms with Crippen LogP contribution in [0.15, 0.2) is 29.2 Å². The molecule has 2 N–H and O–H groups in total. The first-order valence-corrected chi connectivity index (χ1v) is 12.9. The molecule has 1 aromatic rings. The van der Waals surface area contributed by atoms with Crippen LogP contribution in [-0.2, 0) is 4.79 Å². The van der Waals surface area contributed by atoms with E-state index in [-0.39, 0.29) is 5.41 Å². The molecule has 3 heteroatoms. The van der Waals surface area contributed by atoms with Gasteiger partial charge >= 0.3 is 0 Å². The number of aryl methyl sites for hydroxylation is 1. The molecule has 2 nitrogen and oxygen atoms in total. The Hall–Kier alpha value is -0.800. The summed E-state index contributed by atoms with van der Waals surface area (Å²) in [6.07, 6.45) is 9.23. The van der Waals surface area contributed by atoms with Gasteiger partial charge < -0.3 is 5.73 Å². The maximum atomic E-state index is 12.4. The zero-order chi connectivity index (χ0) is 23.7. The highest BCUT2D eigenvalue weighted by Gasteiger charge is 2.43. The van der Waals surface area contributed by atoms with E-state index in [0.717, 1.165) is 43.0 Å². The molecule has 1 aliphatic carbocycles. The van der Waals surface area contributed by atoms with Crippen LogP contribution < -0.4 is 5.73 Å². The summed E-state index contributed by atoms with van der Waals surface area (Å²) in [6.45, 7) is 16.4. The summed E-state index contributed by atoms with van der Waals surface area (Å²) >= 11 is 4.13. The Morgan fingerprint density at radius 2 is 1.87 bits per heavy atom. The molecule has 1 saturated carbocycles. The van der Waals surface area contributed by atoms with Crippen molar-refractivity contribution in [1.29, 1.82) is 0 Å². The topological polar surface area (TPSA) is 43.1 Å². The van der Waals surface area contributed by atoms with E-state index in [1.807, 2.05) is 24.3 Å². The monoisotopic (exact) mass is 447 g/mol. The summed E-state index contributed by atoms with van der Waals surface area (Å²) in [5.74, 6) is 2.37. The van der Waals surface area contributed by atoms with Gasteiger partial charge in [-0.25, -0.2) is 0 Å². The van der Waals surface area contributed by atoms with Crippen LogP contribution in [0.25, 0.3) is 0 Å². The largest absolute Gasteiger partial charge is 0.330 e. The van der Waals surface area contributed by atoms with E-state index in [4.69, 9.17) is 5.73 Å². The maximum absolute atomic E-state index is 12.4. The van der Waals surface area contributed by atoms with Crippen molar-refractivity contribution < 1.29 is 4.79 Å². The Morgan fingerprint density at radius 1 is 1.26 bits per heavy atom. The summed E-state index contributed by atoms with van der Waals surface area (Å²) in [7, 11) is 0. The molecule has 0 radical (unpaired) electrons. The van der Waals surface area contributed by atoms with Gasteiger partial charge in [0.25, 0.3) is 0 Å². The summed E-state index contributed by atoms with van der Waals surface area (Å²) in [6, 6.07) is 8.06. The average molecular weight is 448 g/mol. The highest BCUT2D eigenvalue weighted by atomic mass is 32.1. The molecule has 0 aromatic heterocycles. The zero-order valence-corrected chi connectivity index (χ0v) is 22.2. The van der Waals surface area contributed by atoms with E-state index in [1.54, 1.807) is 0 Å². The van der Waals surface area contributed by atoms with E-state index in [9.17, 15) is 4.79 Å². The third kappa shape index (κ3) is 8.57. The van der Waals surface area contributed by atoms with Crippen molar-refractivity contribution in [3.63, 3.8) is 0 Å². The lowest BCUT2D eigenvalue weighted by atomic mass is 9.57. The smallest absolute Gasteiger partial charge is 0.138 e. The van der Waals surface area contributed by atoms with Crippen molar-refractivity contribution in [2.45, 2.75) is 105 Å². The van der Waals surface area contributed by atoms with Crippen LogP contribution >= 0.6 is 12.6 Å². The second-order valence-electron chi connectivity index (χ2n) is 10.9. The number of hydrogen-bond donors (Lipinski definition) is 2. The van der Waals surface area contributed by atoms with Crippen LogP contribution in [0.2, 0.25) is 0 Å². The first kappa shape index (κ1) is 28.2. The van der Waals surface area contributed by atoms with Gasteiger partial charge in [0.05, 0.1) is 0 Å². The van der Waals surface area contributed by atoms with Crippen LogP contribution in [0.3, 0.4) is 0 Å². The summed E-state index contributed by atoms with van der Waals surface area (Å²) in [5.41, 5.74) is 7.55.